The lowest BCUT2D eigenvalue weighted by Crippen LogP contribution is -2.48. The molecular formula is C21H23F2N3O5. The minimum Gasteiger partial charge on any atom is -0.480 e. The topological polar surface area (TPSA) is 129 Å². The molecule has 0 spiro atoms. The van der Waals surface area contributed by atoms with Crippen LogP contribution in [0.15, 0.2) is 36.5 Å². The highest BCUT2D eigenvalue weighted by molar-refractivity contribution is 6.04. The first-order valence-corrected chi connectivity index (χ1v) is 9.49. The van der Waals surface area contributed by atoms with Crippen molar-refractivity contribution in [3.63, 3.8) is 0 Å². The average Bonchev–Trinajstić information content (AvgIpc) is 2.66. The quantitative estimate of drug-likeness (QED) is 0.452. The number of pyridine rings is 1. The highest BCUT2D eigenvalue weighted by Crippen LogP contribution is 2.13. The molecule has 0 radical (unpaired) electrons. The van der Waals surface area contributed by atoms with Gasteiger partial charge in [0.25, 0.3) is 5.91 Å². The standard InChI is InChI=1S/C21H23F2N3O5/c1-11(2)5-17(20(28)29)26-18(21(30)31)9-15-3-4-16(10-24-15)25-19(27)12-6-13(22)8-14(23)7-12/h3-4,6-8,10-11,17-18,26H,5,9H2,1-2H3,(H,25,27)(H,28,29)(H,30,31). The van der Waals surface area contributed by atoms with Crippen LogP contribution in [-0.2, 0) is 16.0 Å². The summed E-state index contributed by atoms with van der Waals surface area (Å²) in [7, 11) is 0. The van der Waals surface area contributed by atoms with Crippen molar-refractivity contribution in [1.82, 2.24) is 10.3 Å². The molecule has 2 aromatic rings. The van der Waals surface area contributed by atoms with Gasteiger partial charge in [-0.3, -0.25) is 24.7 Å². The minimum absolute atomic E-state index is 0.0515. The fourth-order valence-electron chi connectivity index (χ4n) is 2.89. The van der Waals surface area contributed by atoms with Crippen LogP contribution in [0.5, 0.6) is 0 Å². The van der Waals surface area contributed by atoms with E-state index in [-0.39, 0.29) is 30.0 Å². The van der Waals surface area contributed by atoms with E-state index < -0.39 is 41.6 Å². The number of nitrogens with one attached hydrogen (secondary N) is 2. The van der Waals surface area contributed by atoms with Gasteiger partial charge in [-0.05, 0) is 36.6 Å². The Morgan fingerprint density at radius 1 is 1.00 bits per heavy atom. The van der Waals surface area contributed by atoms with Gasteiger partial charge >= 0.3 is 11.9 Å². The van der Waals surface area contributed by atoms with Gasteiger partial charge in [0.1, 0.15) is 23.7 Å². The third-order valence-electron chi connectivity index (χ3n) is 4.33. The molecule has 31 heavy (non-hydrogen) atoms. The summed E-state index contributed by atoms with van der Waals surface area (Å²) in [5.74, 6) is -4.82. The summed E-state index contributed by atoms with van der Waals surface area (Å²) >= 11 is 0. The number of carbonyl (C=O) groups is 3. The second-order valence-corrected chi connectivity index (χ2v) is 7.43. The number of aliphatic carboxylic acids is 2. The number of benzene rings is 1. The van der Waals surface area contributed by atoms with Crippen LogP contribution in [0.25, 0.3) is 0 Å². The zero-order chi connectivity index (χ0) is 23.1. The smallest absolute Gasteiger partial charge is 0.321 e. The van der Waals surface area contributed by atoms with E-state index in [0.29, 0.717) is 11.8 Å². The molecule has 166 valence electrons. The molecule has 8 nitrogen and oxygen atoms in total. The molecule has 0 fully saturated rings. The number of hydrogen-bond donors (Lipinski definition) is 4. The molecule has 0 bridgehead atoms. The van der Waals surface area contributed by atoms with Crippen LogP contribution in [0.2, 0.25) is 0 Å². The number of amides is 1. The average molecular weight is 435 g/mol. The Bertz CT molecular complexity index is 930. The molecule has 0 saturated carbocycles. The summed E-state index contributed by atoms with van der Waals surface area (Å²) in [5.41, 5.74) is 0.381. The lowest BCUT2D eigenvalue weighted by molar-refractivity contribution is -0.142. The molecule has 2 atom stereocenters. The van der Waals surface area contributed by atoms with E-state index in [1.807, 2.05) is 13.8 Å². The van der Waals surface area contributed by atoms with Gasteiger partial charge in [-0.1, -0.05) is 13.8 Å². The van der Waals surface area contributed by atoms with Crippen LogP contribution in [0.4, 0.5) is 14.5 Å². The summed E-state index contributed by atoms with van der Waals surface area (Å²) in [6, 6.07) is 3.15. The zero-order valence-corrected chi connectivity index (χ0v) is 16.9. The lowest BCUT2D eigenvalue weighted by atomic mass is 10.0. The summed E-state index contributed by atoms with van der Waals surface area (Å²) in [6.07, 6.45) is 1.45. The van der Waals surface area contributed by atoms with Gasteiger partial charge in [-0.15, -0.1) is 0 Å². The minimum atomic E-state index is -1.22. The van der Waals surface area contributed by atoms with E-state index in [9.17, 15) is 33.4 Å². The van der Waals surface area contributed by atoms with E-state index in [0.717, 1.165) is 12.1 Å². The maximum atomic E-state index is 13.3. The van der Waals surface area contributed by atoms with Gasteiger partial charge in [-0.2, -0.15) is 0 Å². The van der Waals surface area contributed by atoms with Gasteiger partial charge in [0.15, 0.2) is 0 Å². The fourth-order valence-corrected chi connectivity index (χ4v) is 2.89. The molecule has 1 amide bonds. The van der Waals surface area contributed by atoms with E-state index in [4.69, 9.17) is 0 Å². The Morgan fingerprint density at radius 3 is 2.10 bits per heavy atom. The maximum absolute atomic E-state index is 13.3. The van der Waals surface area contributed by atoms with E-state index in [1.165, 1.54) is 18.3 Å². The van der Waals surface area contributed by atoms with Crippen LogP contribution in [-0.4, -0.2) is 45.1 Å². The summed E-state index contributed by atoms with van der Waals surface area (Å²) < 4.78 is 26.5. The largest absolute Gasteiger partial charge is 0.480 e. The van der Waals surface area contributed by atoms with Crippen LogP contribution >= 0.6 is 0 Å². The molecule has 1 aromatic heterocycles. The van der Waals surface area contributed by atoms with Crippen molar-refractivity contribution in [3.8, 4) is 0 Å². The van der Waals surface area contributed by atoms with E-state index in [1.54, 1.807) is 0 Å². The van der Waals surface area contributed by atoms with E-state index >= 15 is 0 Å². The van der Waals surface area contributed by atoms with Crippen molar-refractivity contribution in [1.29, 1.82) is 0 Å². The fraction of sp³-hybridized carbons (Fsp3) is 0.333. The van der Waals surface area contributed by atoms with Gasteiger partial charge in [0.2, 0.25) is 0 Å². The van der Waals surface area contributed by atoms with Crippen molar-refractivity contribution in [2.75, 3.05) is 5.32 Å². The van der Waals surface area contributed by atoms with Crippen molar-refractivity contribution in [2.45, 2.75) is 38.8 Å². The van der Waals surface area contributed by atoms with Crippen LogP contribution in [0, 0.1) is 17.6 Å². The molecule has 1 aromatic carbocycles. The number of hydrogen-bond acceptors (Lipinski definition) is 5. The summed E-state index contributed by atoms with van der Waals surface area (Å²) in [6.45, 7) is 3.67. The van der Waals surface area contributed by atoms with Gasteiger partial charge < -0.3 is 15.5 Å². The number of carboxylic acid groups (broad SMARTS) is 2. The first-order chi connectivity index (χ1) is 14.5. The van der Waals surface area contributed by atoms with E-state index in [2.05, 4.69) is 15.6 Å². The normalized spacial score (nSPS) is 12.9. The molecule has 4 N–H and O–H groups in total. The monoisotopic (exact) mass is 435 g/mol. The first-order valence-electron chi connectivity index (χ1n) is 9.49. The molecular weight excluding hydrogens is 412 g/mol. The van der Waals surface area contributed by atoms with Gasteiger partial charge in [0, 0.05) is 23.7 Å². The Kier molecular flexibility index (Phi) is 8.14. The molecule has 0 saturated heterocycles. The Morgan fingerprint density at radius 2 is 1.61 bits per heavy atom. The number of carboxylic acids is 2. The Hall–Kier alpha value is -3.40. The lowest BCUT2D eigenvalue weighted by Gasteiger charge is -2.21. The molecule has 0 aliphatic carbocycles. The van der Waals surface area contributed by atoms with Crippen molar-refractivity contribution in [3.05, 3.63) is 59.4 Å². The highest BCUT2D eigenvalue weighted by Gasteiger charge is 2.27. The number of rotatable bonds is 10. The molecule has 0 aliphatic rings. The second-order valence-electron chi connectivity index (χ2n) is 7.43. The zero-order valence-electron chi connectivity index (χ0n) is 16.9. The van der Waals surface area contributed by atoms with Crippen LogP contribution < -0.4 is 10.6 Å². The SMILES string of the molecule is CC(C)CC(NC(Cc1ccc(NC(=O)c2cc(F)cc(F)c2)cn1)C(=O)O)C(=O)O. The molecule has 10 heteroatoms. The number of aromatic nitrogens is 1. The number of halogens is 2. The maximum Gasteiger partial charge on any atom is 0.321 e. The van der Waals surface area contributed by atoms with Crippen LogP contribution in [0.1, 0.15) is 36.3 Å². The van der Waals surface area contributed by atoms with Crippen molar-refractivity contribution in [2.24, 2.45) is 5.92 Å². The Labute approximate surface area is 177 Å². The molecule has 2 rings (SSSR count). The third kappa shape index (κ3) is 7.41. The highest BCUT2D eigenvalue weighted by atomic mass is 19.1. The van der Waals surface area contributed by atoms with Crippen LogP contribution in [0.3, 0.4) is 0 Å². The number of carbonyl (C=O) groups excluding carboxylic acids is 1. The summed E-state index contributed by atoms with van der Waals surface area (Å²) in [5, 5.41) is 23.8. The van der Waals surface area contributed by atoms with Crippen molar-refractivity contribution < 1.29 is 33.4 Å². The molecule has 2 unspecified atom stereocenters. The molecule has 1 heterocycles. The van der Waals surface area contributed by atoms with Crippen molar-refractivity contribution >= 4 is 23.5 Å². The summed E-state index contributed by atoms with van der Waals surface area (Å²) in [4.78, 5) is 39.2. The number of anilines is 1. The number of nitrogens with zero attached hydrogens (tertiary/aromatic N) is 1. The first kappa shape index (κ1) is 23.9. The molecule has 0 aliphatic heterocycles. The predicted molar refractivity (Wildman–Crippen MR) is 108 cm³/mol. The van der Waals surface area contributed by atoms with Gasteiger partial charge in [-0.25, -0.2) is 8.78 Å². The third-order valence-corrected chi connectivity index (χ3v) is 4.33. The Balaban J connectivity index is 2.06. The second kappa shape index (κ2) is 10.6. The van der Waals surface area contributed by atoms with Gasteiger partial charge in [0.05, 0.1) is 11.9 Å². The predicted octanol–water partition coefficient (Wildman–Crippen LogP) is 2.70.